The molecule has 1 unspecified atom stereocenters. The molecule has 7 rings (SSSR count). The third kappa shape index (κ3) is 6.18. The first-order chi connectivity index (χ1) is 24.9. The van der Waals surface area contributed by atoms with Crippen LogP contribution in [0.15, 0.2) is 42.6 Å². The summed E-state index contributed by atoms with van der Waals surface area (Å²) in [5.74, 6) is -3.70. The number of hydrogen-bond donors (Lipinski definition) is 1. The fourth-order valence-electron chi connectivity index (χ4n) is 8.34. The molecule has 0 radical (unpaired) electrons. The Balaban J connectivity index is 1.63. The summed E-state index contributed by atoms with van der Waals surface area (Å²) < 4.78 is 59.4. The van der Waals surface area contributed by atoms with Gasteiger partial charge in [0.25, 0.3) is 5.78 Å². The van der Waals surface area contributed by atoms with Gasteiger partial charge in [0.15, 0.2) is 0 Å². The summed E-state index contributed by atoms with van der Waals surface area (Å²) in [6, 6.07) is 7.34. The van der Waals surface area contributed by atoms with Gasteiger partial charge in [-0.15, -0.1) is 0 Å². The van der Waals surface area contributed by atoms with Crippen LogP contribution >= 0.6 is 0 Å². The number of Topliss-reactive ketones (excluding diaryl/α,β-unsaturated/α-hetero) is 1. The third-order valence-corrected chi connectivity index (χ3v) is 10.8. The molecule has 2 aromatic carbocycles. The van der Waals surface area contributed by atoms with Crippen LogP contribution in [-0.2, 0) is 9.53 Å². The van der Waals surface area contributed by atoms with Crippen LogP contribution in [0, 0.1) is 0 Å². The molecule has 13 heteroatoms. The van der Waals surface area contributed by atoms with E-state index in [-0.39, 0.29) is 46.5 Å². The molecule has 4 heterocycles. The Morgan fingerprint density at radius 2 is 1.71 bits per heavy atom. The number of benzene rings is 2. The van der Waals surface area contributed by atoms with Crippen molar-refractivity contribution in [2.24, 2.45) is 0 Å². The van der Waals surface area contributed by atoms with Gasteiger partial charge in [-0.2, -0.15) is 18.3 Å². The number of rotatable bonds is 8. The maximum atomic E-state index is 15.1. The number of nitrogens with zero attached hydrogens (tertiary/aromatic N) is 4. The lowest BCUT2D eigenvalue weighted by Crippen LogP contribution is -2.35. The Labute approximate surface area is 298 Å². The van der Waals surface area contributed by atoms with Gasteiger partial charge >= 0.3 is 18.1 Å². The predicted molar refractivity (Wildman–Crippen MR) is 189 cm³/mol. The number of methoxy groups -OCH3 is 1. The smallest absolute Gasteiger partial charge is 0.452 e. The van der Waals surface area contributed by atoms with E-state index in [1.807, 2.05) is 7.05 Å². The van der Waals surface area contributed by atoms with E-state index in [1.54, 1.807) is 41.9 Å². The van der Waals surface area contributed by atoms with Gasteiger partial charge in [-0.05, 0) is 106 Å². The first-order valence-corrected chi connectivity index (χ1v) is 17.8. The number of carboxylic acids is 1. The van der Waals surface area contributed by atoms with Crippen molar-refractivity contribution in [2.45, 2.75) is 76.0 Å². The quantitative estimate of drug-likeness (QED) is 0.183. The maximum absolute atomic E-state index is 15.1. The van der Waals surface area contributed by atoms with Crippen molar-refractivity contribution in [1.29, 1.82) is 0 Å². The summed E-state index contributed by atoms with van der Waals surface area (Å²) in [6.45, 7) is 3.03. The van der Waals surface area contributed by atoms with E-state index in [0.29, 0.717) is 53.9 Å². The highest BCUT2D eigenvalue weighted by molar-refractivity contribution is 6.10. The van der Waals surface area contributed by atoms with E-state index in [2.05, 4.69) is 10.00 Å². The molecule has 0 spiro atoms. The van der Waals surface area contributed by atoms with Gasteiger partial charge in [0.2, 0.25) is 0 Å². The average Bonchev–Trinajstić information content (AvgIpc) is 3.67. The van der Waals surface area contributed by atoms with Crippen LogP contribution in [0.5, 0.6) is 5.75 Å². The molecule has 10 nitrogen and oxygen atoms in total. The number of likely N-dealkylation sites (tertiary alicyclic amines) is 1. The lowest BCUT2D eigenvalue weighted by Gasteiger charge is -2.32. The molecule has 52 heavy (non-hydrogen) atoms. The summed E-state index contributed by atoms with van der Waals surface area (Å²) in [4.78, 5) is 42.4. The SMILES string of the molecule is CCOC(=O)c1cnn(C2CCN(C)CC2)c1C1=Cc2cc(OC)ccc2-c2c(C3CCCCC3)c3ccc(C(=O)O)cc3n2C1C(=O)C(F)(F)F. The Bertz CT molecular complexity index is 2080. The number of aromatic nitrogens is 3. The molecular weight excluding hydrogens is 677 g/mol. The first kappa shape index (κ1) is 35.5. The lowest BCUT2D eigenvalue weighted by molar-refractivity contribution is -0.172. The molecule has 1 N–H and O–H groups in total. The molecule has 0 bridgehead atoms. The molecule has 2 fully saturated rings. The monoisotopic (exact) mass is 718 g/mol. The number of esters is 1. The average molecular weight is 719 g/mol. The van der Waals surface area contributed by atoms with Crippen molar-refractivity contribution in [3.63, 3.8) is 0 Å². The summed E-state index contributed by atoms with van der Waals surface area (Å²) in [5.41, 5.74) is 2.21. The third-order valence-electron chi connectivity index (χ3n) is 10.8. The Morgan fingerprint density at radius 3 is 2.37 bits per heavy atom. The fraction of sp³-hybridized carbons (Fsp3) is 0.436. The van der Waals surface area contributed by atoms with Gasteiger partial charge < -0.3 is 24.0 Å². The molecule has 1 saturated carbocycles. The van der Waals surface area contributed by atoms with Crippen LogP contribution in [-0.4, -0.2) is 82.1 Å². The predicted octanol–water partition coefficient (Wildman–Crippen LogP) is 7.93. The highest BCUT2D eigenvalue weighted by Gasteiger charge is 2.49. The summed E-state index contributed by atoms with van der Waals surface area (Å²) in [6.07, 6.45) is 3.19. The van der Waals surface area contributed by atoms with E-state index in [0.717, 1.165) is 37.7 Å². The largest absolute Gasteiger partial charge is 0.497 e. The Hall–Kier alpha value is -4.91. The Morgan fingerprint density at radius 1 is 0.981 bits per heavy atom. The number of ketones is 1. The number of ether oxygens (including phenoxy) is 2. The molecule has 2 aliphatic heterocycles. The van der Waals surface area contributed by atoms with Gasteiger partial charge in [-0.3, -0.25) is 9.48 Å². The minimum Gasteiger partial charge on any atom is -0.497 e. The highest BCUT2D eigenvalue weighted by atomic mass is 19.4. The van der Waals surface area contributed by atoms with Crippen LogP contribution in [0.25, 0.3) is 33.8 Å². The molecular formula is C39H41F3N4O6. The summed E-state index contributed by atoms with van der Waals surface area (Å²) >= 11 is 0. The van der Waals surface area contributed by atoms with Crippen molar-refractivity contribution in [1.82, 2.24) is 19.2 Å². The zero-order valence-corrected chi connectivity index (χ0v) is 29.3. The molecule has 274 valence electrons. The highest BCUT2D eigenvalue weighted by Crippen LogP contribution is 2.52. The van der Waals surface area contributed by atoms with E-state index >= 15 is 13.2 Å². The van der Waals surface area contributed by atoms with Crippen LogP contribution < -0.4 is 4.74 Å². The number of carbonyl (C=O) groups excluding carboxylic acids is 2. The molecule has 3 aliphatic rings. The van der Waals surface area contributed by atoms with E-state index in [4.69, 9.17) is 9.47 Å². The minimum atomic E-state index is -5.32. The zero-order chi connectivity index (χ0) is 36.9. The van der Waals surface area contributed by atoms with Crippen molar-refractivity contribution >= 4 is 40.3 Å². The number of fused-ring (bicyclic) bond motifs is 5. The number of carbonyl (C=O) groups is 3. The van der Waals surface area contributed by atoms with Crippen LogP contribution in [0.2, 0.25) is 0 Å². The number of hydrogen-bond acceptors (Lipinski definition) is 7. The second-order valence-corrected chi connectivity index (χ2v) is 13.9. The zero-order valence-electron chi connectivity index (χ0n) is 29.3. The number of halogens is 3. The Kier molecular flexibility index (Phi) is 9.49. The fourth-order valence-corrected chi connectivity index (χ4v) is 8.34. The van der Waals surface area contributed by atoms with E-state index in [1.165, 1.54) is 30.0 Å². The van der Waals surface area contributed by atoms with Gasteiger partial charge in [0.05, 0.1) is 48.4 Å². The van der Waals surface area contributed by atoms with Gasteiger partial charge in [0.1, 0.15) is 17.4 Å². The van der Waals surface area contributed by atoms with Gasteiger partial charge in [0, 0.05) is 16.5 Å². The molecule has 0 amide bonds. The second kappa shape index (κ2) is 13.9. The van der Waals surface area contributed by atoms with Crippen LogP contribution in [0.4, 0.5) is 13.2 Å². The molecule has 2 aromatic heterocycles. The van der Waals surface area contributed by atoms with Crippen molar-refractivity contribution in [3.8, 4) is 17.0 Å². The van der Waals surface area contributed by atoms with Crippen molar-refractivity contribution in [3.05, 3.63) is 70.5 Å². The van der Waals surface area contributed by atoms with Gasteiger partial charge in [-0.1, -0.05) is 25.3 Å². The minimum absolute atomic E-state index is 0.0107. The van der Waals surface area contributed by atoms with E-state index < -0.39 is 29.9 Å². The molecule has 1 atom stereocenters. The van der Waals surface area contributed by atoms with Crippen molar-refractivity contribution in [2.75, 3.05) is 33.9 Å². The number of alkyl halides is 3. The number of carboxylic acid groups (broad SMARTS) is 1. The topological polar surface area (TPSA) is 116 Å². The summed E-state index contributed by atoms with van der Waals surface area (Å²) in [7, 11) is 3.47. The standard InChI is InChI=1S/C39H41F3N4O6/c1-4-52-38(50)30-21-43-46(25-14-16-44(2)17-15-25)33(30)29-19-24-18-26(51-3)11-13-27(24)34-32(22-8-6-5-7-9-22)28-12-10-23(37(48)49)20-31(28)45(34)35(29)36(47)39(40,41)42/h10-13,18-22,25,35H,4-9,14-17H2,1-3H3,(H,48,49). The van der Waals surface area contributed by atoms with Crippen LogP contribution in [0.3, 0.4) is 0 Å². The normalized spacial score (nSPS) is 18.7. The van der Waals surface area contributed by atoms with E-state index in [9.17, 15) is 19.5 Å². The number of piperidine rings is 1. The number of allylic oxidation sites excluding steroid dienone is 1. The van der Waals surface area contributed by atoms with Crippen LogP contribution in [0.1, 0.15) is 107 Å². The second-order valence-electron chi connectivity index (χ2n) is 13.9. The first-order valence-electron chi connectivity index (χ1n) is 17.8. The maximum Gasteiger partial charge on any atom is 0.452 e. The van der Waals surface area contributed by atoms with Crippen molar-refractivity contribution < 1.29 is 42.1 Å². The summed E-state index contributed by atoms with van der Waals surface area (Å²) in [5, 5.41) is 15.3. The number of aromatic carboxylic acids is 1. The van der Waals surface area contributed by atoms with Gasteiger partial charge in [-0.25, -0.2) is 9.59 Å². The lowest BCUT2D eigenvalue weighted by atomic mass is 9.81. The molecule has 1 saturated heterocycles. The molecule has 4 aromatic rings. The molecule has 1 aliphatic carbocycles.